The van der Waals surface area contributed by atoms with E-state index in [2.05, 4.69) is 184 Å². The van der Waals surface area contributed by atoms with E-state index in [-0.39, 0.29) is 5.41 Å². The van der Waals surface area contributed by atoms with Crippen molar-refractivity contribution in [2.45, 2.75) is 19.3 Å². The third kappa shape index (κ3) is 4.94. The van der Waals surface area contributed by atoms with Gasteiger partial charge in [-0.3, -0.25) is 0 Å². The SMILES string of the molecule is CC1(C)c2ccccc2-c2c1cc(-c1nc(-c3ccc4ccc5c(ccc6c7ccccc7ccc65)c4c3)nc(-c3ccc4sc5ccccc5c4c3)n1)c1c2oc2ccccc21. The zero-order chi connectivity index (χ0) is 41.6. The molecule has 0 spiro atoms. The monoisotopic (exact) mass is 821 g/mol. The second-order valence-corrected chi connectivity index (χ2v) is 18.6. The van der Waals surface area contributed by atoms with Crippen LogP contribution in [-0.4, -0.2) is 15.0 Å². The van der Waals surface area contributed by atoms with Crippen molar-refractivity contribution in [3.05, 3.63) is 187 Å². The first-order valence-corrected chi connectivity index (χ1v) is 22.3. The van der Waals surface area contributed by atoms with Gasteiger partial charge in [0.2, 0.25) is 0 Å². The maximum atomic E-state index is 6.89. The van der Waals surface area contributed by atoms with Crippen LogP contribution >= 0.6 is 11.3 Å². The molecular weight excluding hydrogens is 787 g/mol. The lowest BCUT2D eigenvalue weighted by Crippen LogP contribution is -2.15. The summed E-state index contributed by atoms with van der Waals surface area (Å²) in [7, 11) is 0. The molecule has 0 radical (unpaired) electrons. The molecule has 0 saturated heterocycles. The highest BCUT2D eigenvalue weighted by Crippen LogP contribution is 2.54. The first-order chi connectivity index (χ1) is 31.0. The summed E-state index contributed by atoms with van der Waals surface area (Å²) in [5, 5.41) is 14.3. The summed E-state index contributed by atoms with van der Waals surface area (Å²) in [6, 6.07) is 63.5. The number of hydrogen-bond acceptors (Lipinski definition) is 5. The molecule has 0 unspecified atom stereocenters. The van der Waals surface area contributed by atoms with Gasteiger partial charge in [-0.2, -0.15) is 0 Å². The molecule has 0 aliphatic heterocycles. The molecule has 0 fully saturated rings. The second-order valence-electron chi connectivity index (χ2n) is 17.5. The van der Waals surface area contributed by atoms with E-state index in [1.165, 1.54) is 74.6 Å². The molecule has 0 bridgehead atoms. The van der Waals surface area contributed by atoms with Gasteiger partial charge in [-0.25, -0.2) is 15.0 Å². The van der Waals surface area contributed by atoms with Crippen LogP contribution in [0.1, 0.15) is 25.0 Å². The van der Waals surface area contributed by atoms with E-state index in [4.69, 9.17) is 19.4 Å². The Kier molecular flexibility index (Phi) is 7.02. The molecule has 14 rings (SSSR count). The van der Waals surface area contributed by atoms with Crippen molar-refractivity contribution in [3.8, 4) is 45.3 Å². The van der Waals surface area contributed by atoms with Crippen LogP contribution in [0, 0.1) is 0 Å². The minimum absolute atomic E-state index is 0.270. The van der Waals surface area contributed by atoms with Crippen molar-refractivity contribution in [2.24, 2.45) is 0 Å². The van der Waals surface area contributed by atoms with E-state index in [1.807, 2.05) is 17.4 Å². The number of aromatic nitrogens is 3. The Balaban J connectivity index is 1.05. The van der Waals surface area contributed by atoms with Crippen molar-refractivity contribution in [1.82, 2.24) is 15.0 Å². The van der Waals surface area contributed by atoms with Crippen LogP contribution in [0.2, 0.25) is 0 Å². The number of para-hydroxylation sites is 1. The van der Waals surface area contributed by atoms with Gasteiger partial charge in [-0.1, -0.05) is 147 Å². The van der Waals surface area contributed by atoms with E-state index in [1.54, 1.807) is 0 Å². The fourth-order valence-corrected chi connectivity index (χ4v) is 11.7. The topological polar surface area (TPSA) is 51.8 Å². The fourth-order valence-electron chi connectivity index (χ4n) is 10.6. The molecule has 10 aromatic carbocycles. The Morgan fingerprint density at radius 2 is 0.984 bits per heavy atom. The third-order valence-corrected chi connectivity index (χ3v) is 14.9. The second kappa shape index (κ2) is 12.7. The van der Waals surface area contributed by atoms with Gasteiger partial charge in [0.25, 0.3) is 0 Å². The smallest absolute Gasteiger partial charge is 0.164 e. The largest absolute Gasteiger partial charge is 0.455 e. The fraction of sp³-hybridized carbons (Fsp3) is 0.0517. The normalized spacial score (nSPS) is 13.4. The van der Waals surface area contributed by atoms with Crippen LogP contribution in [0.4, 0.5) is 0 Å². The maximum absolute atomic E-state index is 6.89. The Morgan fingerprint density at radius 3 is 1.81 bits per heavy atom. The average molecular weight is 822 g/mol. The lowest BCUT2D eigenvalue weighted by molar-refractivity contribution is 0.653. The predicted octanol–water partition coefficient (Wildman–Crippen LogP) is 16.1. The van der Waals surface area contributed by atoms with Crippen LogP contribution in [0.15, 0.2) is 180 Å². The Hall–Kier alpha value is -7.73. The standard InChI is InChI=1S/C58H35N3OS/c1-58(2)47-16-8-5-14-42(47)53-48(58)31-46(52-43-15-6-9-17-49(43)62-54(52)53)57-60-55(59-56(61-57)35-23-28-51-45(30-35)41-13-7-10-18-50(41)63-51)34-20-19-33-22-25-39-38-24-21-32-11-3-4-12-36(32)37(38)26-27-40(39)44(33)29-34/h3-31H,1-2H3. The highest BCUT2D eigenvalue weighted by atomic mass is 32.1. The minimum Gasteiger partial charge on any atom is -0.455 e. The predicted molar refractivity (Wildman–Crippen MR) is 264 cm³/mol. The summed E-state index contributed by atoms with van der Waals surface area (Å²) in [6.07, 6.45) is 0. The Bertz CT molecular complexity index is 4140. The van der Waals surface area contributed by atoms with Crippen molar-refractivity contribution < 1.29 is 4.42 Å². The first-order valence-electron chi connectivity index (χ1n) is 21.5. The van der Waals surface area contributed by atoms with Crippen LogP contribution in [0.25, 0.3) is 130 Å². The quantitative estimate of drug-likeness (QED) is 0.167. The van der Waals surface area contributed by atoms with E-state index < -0.39 is 0 Å². The van der Waals surface area contributed by atoms with Gasteiger partial charge in [0.15, 0.2) is 17.5 Å². The van der Waals surface area contributed by atoms with Gasteiger partial charge < -0.3 is 4.42 Å². The van der Waals surface area contributed by atoms with E-state index in [0.29, 0.717) is 17.5 Å². The van der Waals surface area contributed by atoms with Crippen molar-refractivity contribution in [2.75, 3.05) is 0 Å². The minimum atomic E-state index is -0.270. The van der Waals surface area contributed by atoms with Crippen LogP contribution in [-0.2, 0) is 5.41 Å². The number of furan rings is 1. The molecule has 3 aromatic heterocycles. The van der Waals surface area contributed by atoms with Crippen LogP contribution < -0.4 is 0 Å². The molecule has 5 heteroatoms. The van der Waals surface area contributed by atoms with Gasteiger partial charge in [0.1, 0.15) is 11.2 Å². The van der Waals surface area contributed by atoms with Gasteiger partial charge >= 0.3 is 0 Å². The average Bonchev–Trinajstić information content (AvgIpc) is 3.98. The van der Waals surface area contributed by atoms with Gasteiger partial charge in [-0.05, 0) is 102 Å². The highest BCUT2D eigenvalue weighted by Gasteiger charge is 2.39. The zero-order valence-corrected chi connectivity index (χ0v) is 35.2. The molecule has 13 aromatic rings. The number of benzene rings is 10. The molecule has 1 aliphatic carbocycles. The molecule has 0 atom stereocenters. The lowest BCUT2D eigenvalue weighted by Gasteiger charge is -2.22. The van der Waals surface area contributed by atoms with Crippen molar-refractivity contribution >= 4 is 96.5 Å². The van der Waals surface area contributed by atoms with Gasteiger partial charge in [0, 0.05) is 58.6 Å². The number of thiophene rings is 1. The van der Waals surface area contributed by atoms with Crippen molar-refractivity contribution in [3.63, 3.8) is 0 Å². The summed E-state index contributed by atoms with van der Waals surface area (Å²) >= 11 is 1.81. The summed E-state index contributed by atoms with van der Waals surface area (Å²) in [5.41, 5.74) is 9.12. The molecule has 1 aliphatic rings. The molecule has 0 N–H and O–H groups in total. The molecular formula is C58H35N3OS. The summed E-state index contributed by atoms with van der Waals surface area (Å²) in [4.78, 5) is 16.3. The van der Waals surface area contributed by atoms with E-state index >= 15 is 0 Å². The molecule has 63 heavy (non-hydrogen) atoms. The number of hydrogen-bond donors (Lipinski definition) is 0. The van der Waals surface area contributed by atoms with Crippen LogP contribution in [0.3, 0.4) is 0 Å². The maximum Gasteiger partial charge on any atom is 0.164 e. The molecule has 4 nitrogen and oxygen atoms in total. The molecule has 0 saturated carbocycles. The van der Waals surface area contributed by atoms with Crippen LogP contribution in [0.5, 0.6) is 0 Å². The summed E-state index contributed by atoms with van der Waals surface area (Å²) < 4.78 is 9.40. The zero-order valence-electron chi connectivity index (χ0n) is 34.4. The number of fused-ring (bicyclic) bond motifs is 17. The molecule has 0 amide bonds. The Labute approximate surface area is 365 Å². The summed E-state index contributed by atoms with van der Waals surface area (Å²) in [6.45, 7) is 4.62. The summed E-state index contributed by atoms with van der Waals surface area (Å²) in [5.74, 6) is 1.87. The number of rotatable bonds is 3. The van der Waals surface area contributed by atoms with E-state index in [9.17, 15) is 0 Å². The first kappa shape index (κ1) is 34.9. The highest BCUT2D eigenvalue weighted by molar-refractivity contribution is 7.25. The van der Waals surface area contributed by atoms with Crippen molar-refractivity contribution in [1.29, 1.82) is 0 Å². The number of nitrogens with zero attached hydrogens (tertiary/aromatic N) is 3. The third-order valence-electron chi connectivity index (χ3n) is 13.7. The molecule has 294 valence electrons. The van der Waals surface area contributed by atoms with Gasteiger partial charge in [-0.15, -0.1) is 11.3 Å². The lowest BCUT2D eigenvalue weighted by atomic mass is 9.81. The van der Waals surface area contributed by atoms with E-state index in [0.717, 1.165) is 49.6 Å². The Morgan fingerprint density at radius 1 is 0.413 bits per heavy atom. The van der Waals surface area contributed by atoms with Gasteiger partial charge in [0.05, 0.1) is 0 Å². The molecule has 3 heterocycles.